The van der Waals surface area contributed by atoms with Gasteiger partial charge in [0.2, 0.25) is 0 Å². The van der Waals surface area contributed by atoms with E-state index in [0.29, 0.717) is 25.0 Å². The number of carbonyl (C=O) groups is 2. The number of aryl methyl sites for hydroxylation is 1. The largest absolute Gasteiger partial charge is 0.336 e. The number of amides is 3. The molecule has 1 aliphatic heterocycles. The molecule has 0 radical (unpaired) electrons. The lowest BCUT2D eigenvalue weighted by molar-refractivity contribution is 0.0735. The third kappa shape index (κ3) is 3.55. The molecule has 1 aromatic rings. The minimum absolute atomic E-state index is 0.0614. The van der Waals surface area contributed by atoms with E-state index in [1.807, 2.05) is 30.0 Å². The van der Waals surface area contributed by atoms with Gasteiger partial charge in [-0.15, -0.1) is 0 Å². The summed E-state index contributed by atoms with van der Waals surface area (Å²) in [7, 11) is 0. The summed E-state index contributed by atoms with van der Waals surface area (Å²) >= 11 is 0. The first kappa shape index (κ1) is 16.8. The van der Waals surface area contributed by atoms with Crippen molar-refractivity contribution in [2.75, 3.05) is 24.5 Å². The van der Waals surface area contributed by atoms with Crippen LogP contribution in [0.1, 0.15) is 49.0 Å². The first-order valence-electron chi connectivity index (χ1n) is 8.94. The molecule has 1 saturated carbocycles. The Hall–Kier alpha value is -2.04. The molecule has 0 bridgehead atoms. The minimum Gasteiger partial charge on any atom is -0.336 e. The molecule has 5 nitrogen and oxygen atoms in total. The van der Waals surface area contributed by atoms with Gasteiger partial charge in [0.1, 0.15) is 0 Å². The van der Waals surface area contributed by atoms with Crippen molar-refractivity contribution in [3.05, 3.63) is 29.3 Å². The average molecular weight is 329 g/mol. The van der Waals surface area contributed by atoms with Crippen LogP contribution in [0, 0.1) is 12.8 Å². The third-order valence-electron chi connectivity index (χ3n) is 4.79. The fraction of sp³-hybridized carbons (Fsp3) is 0.579. The van der Waals surface area contributed by atoms with Crippen LogP contribution in [-0.2, 0) is 0 Å². The first-order chi connectivity index (χ1) is 11.5. The fourth-order valence-corrected chi connectivity index (χ4v) is 3.19. The number of carbonyl (C=O) groups excluding carboxylic acids is 2. The Kier molecular flexibility index (Phi) is 4.78. The zero-order valence-corrected chi connectivity index (χ0v) is 14.8. The summed E-state index contributed by atoms with van der Waals surface area (Å²) < 4.78 is 0. The number of urea groups is 1. The van der Waals surface area contributed by atoms with Gasteiger partial charge in [-0.2, -0.15) is 0 Å². The molecule has 130 valence electrons. The molecule has 1 saturated heterocycles. The van der Waals surface area contributed by atoms with Gasteiger partial charge >= 0.3 is 6.03 Å². The zero-order valence-electron chi connectivity index (χ0n) is 14.8. The monoisotopic (exact) mass is 329 g/mol. The summed E-state index contributed by atoms with van der Waals surface area (Å²) in [4.78, 5) is 28.5. The van der Waals surface area contributed by atoms with Crippen molar-refractivity contribution in [2.45, 2.75) is 46.1 Å². The van der Waals surface area contributed by atoms with Crippen molar-refractivity contribution in [1.82, 2.24) is 10.2 Å². The summed E-state index contributed by atoms with van der Waals surface area (Å²) in [6.07, 6.45) is 3.27. The van der Waals surface area contributed by atoms with Crippen molar-refractivity contribution >= 4 is 17.6 Å². The lowest BCUT2D eigenvalue weighted by Gasteiger charge is -2.24. The van der Waals surface area contributed by atoms with Crippen LogP contribution in [0.3, 0.4) is 0 Å². The summed E-state index contributed by atoms with van der Waals surface area (Å²) in [6.45, 7) is 8.52. The highest BCUT2D eigenvalue weighted by molar-refractivity contribution is 5.98. The molecule has 0 unspecified atom stereocenters. The Morgan fingerprint density at radius 2 is 2.12 bits per heavy atom. The molecule has 0 spiro atoms. The predicted molar refractivity (Wildman–Crippen MR) is 95.4 cm³/mol. The van der Waals surface area contributed by atoms with Crippen LogP contribution in [0.4, 0.5) is 10.5 Å². The van der Waals surface area contributed by atoms with Gasteiger partial charge in [0.25, 0.3) is 5.91 Å². The fourth-order valence-electron chi connectivity index (χ4n) is 3.19. The number of rotatable bonds is 6. The number of nitrogens with zero attached hydrogens (tertiary/aromatic N) is 2. The van der Waals surface area contributed by atoms with E-state index in [-0.39, 0.29) is 11.9 Å². The van der Waals surface area contributed by atoms with E-state index in [9.17, 15) is 9.59 Å². The maximum Gasteiger partial charge on any atom is 0.322 e. The summed E-state index contributed by atoms with van der Waals surface area (Å²) in [5.74, 6) is 0.718. The number of hydrogen-bond acceptors (Lipinski definition) is 2. The minimum atomic E-state index is -0.0614. The molecular formula is C19H27N3O2. The smallest absolute Gasteiger partial charge is 0.322 e. The molecule has 2 fully saturated rings. The van der Waals surface area contributed by atoms with E-state index in [2.05, 4.69) is 19.2 Å². The van der Waals surface area contributed by atoms with Gasteiger partial charge in [-0.25, -0.2) is 4.79 Å². The zero-order chi connectivity index (χ0) is 17.3. The SMILES string of the molecule is Cc1cc(C(=O)N(CCC(C)C)C2CC2)ccc1N1CCNC1=O. The first-order valence-corrected chi connectivity index (χ1v) is 8.94. The van der Waals surface area contributed by atoms with Crippen molar-refractivity contribution in [1.29, 1.82) is 0 Å². The molecule has 1 heterocycles. The maximum atomic E-state index is 12.9. The van der Waals surface area contributed by atoms with E-state index in [0.717, 1.165) is 42.6 Å². The summed E-state index contributed by atoms with van der Waals surface area (Å²) in [5, 5.41) is 2.81. The van der Waals surface area contributed by atoms with E-state index >= 15 is 0 Å². The number of anilines is 1. The van der Waals surface area contributed by atoms with Crippen LogP contribution in [0.15, 0.2) is 18.2 Å². The van der Waals surface area contributed by atoms with Gasteiger partial charge in [-0.05, 0) is 55.9 Å². The molecular weight excluding hydrogens is 302 g/mol. The second kappa shape index (κ2) is 6.83. The Labute approximate surface area is 144 Å². The molecule has 1 aromatic carbocycles. The third-order valence-corrected chi connectivity index (χ3v) is 4.79. The van der Waals surface area contributed by atoms with Crippen LogP contribution >= 0.6 is 0 Å². The van der Waals surface area contributed by atoms with Crippen LogP contribution in [-0.4, -0.2) is 42.5 Å². The normalized spacial score (nSPS) is 17.3. The molecule has 5 heteroatoms. The van der Waals surface area contributed by atoms with Gasteiger partial charge in [0, 0.05) is 36.9 Å². The molecule has 24 heavy (non-hydrogen) atoms. The standard InChI is InChI=1S/C19H27N3O2/c1-13(2)8-10-21(16-5-6-16)18(23)15-4-7-17(14(3)12-15)22-11-9-20-19(22)24/h4,7,12-13,16H,5-6,8-11H2,1-3H3,(H,20,24). The van der Waals surface area contributed by atoms with Crippen molar-refractivity contribution in [3.63, 3.8) is 0 Å². The highest BCUT2D eigenvalue weighted by Crippen LogP contribution is 2.30. The predicted octanol–water partition coefficient (Wildman–Crippen LogP) is 3.18. The maximum absolute atomic E-state index is 12.9. The van der Waals surface area contributed by atoms with Gasteiger partial charge < -0.3 is 10.2 Å². The summed E-state index contributed by atoms with van der Waals surface area (Å²) in [5.41, 5.74) is 2.59. The quantitative estimate of drug-likeness (QED) is 0.871. The van der Waals surface area contributed by atoms with Crippen molar-refractivity contribution < 1.29 is 9.59 Å². The van der Waals surface area contributed by atoms with Gasteiger partial charge in [-0.3, -0.25) is 9.69 Å². The van der Waals surface area contributed by atoms with Crippen molar-refractivity contribution in [3.8, 4) is 0 Å². The van der Waals surface area contributed by atoms with Crippen LogP contribution in [0.25, 0.3) is 0 Å². The van der Waals surface area contributed by atoms with Crippen LogP contribution < -0.4 is 10.2 Å². The second-order valence-electron chi connectivity index (χ2n) is 7.30. The molecule has 3 rings (SSSR count). The van der Waals surface area contributed by atoms with E-state index < -0.39 is 0 Å². The van der Waals surface area contributed by atoms with E-state index in [1.165, 1.54) is 0 Å². The Balaban J connectivity index is 1.77. The van der Waals surface area contributed by atoms with Crippen molar-refractivity contribution in [2.24, 2.45) is 5.92 Å². The molecule has 0 aromatic heterocycles. The van der Waals surface area contributed by atoms with Gasteiger partial charge in [0.05, 0.1) is 0 Å². The number of hydrogen-bond donors (Lipinski definition) is 1. The number of benzene rings is 1. The lowest BCUT2D eigenvalue weighted by Crippen LogP contribution is -2.34. The molecule has 2 aliphatic rings. The molecule has 0 atom stereocenters. The highest BCUT2D eigenvalue weighted by atomic mass is 16.2. The second-order valence-corrected chi connectivity index (χ2v) is 7.30. The molecule has 1 aliphatic carbocycles. The Morgan fingerprint density at radius 1 is 1.38 bits per heavy atom. The van der Waals surface area contributed by atoms with E-state index in [1.54, 1.807) is 4.90 Å². The average Bonchev–Trinajstić information content (AvgIpc) is 3.28. The lowest BCUT2D eigenvalue weighted by atomic mass is 10.1. The number of nitrogens with one attached hydrogen (secondary N) is 1. The van der Waals surface area contributed by atoms with Crippen LogP contribution in [0.5, 0.6) is 0 Å². The van der Waals surface area contributed by atoms with Crippen LogP contribution in [0.2, 0.25) is 0 Å². The van der Waals surface area contributed by atoms with Gasteiger partial charge in [0.15, 0.2) is 0 Å². The molecule has 1 N–H and O–H groups in total. The highest BCUT2D eigenvalue weighted by Gasteiger charge is 2.33. The molecule has 3 amide bonds. The Bertz CT molecular complexity index is 637. The summed E-state index contributed by atoms with van der Waals surface area (Å²) in [6, 6.07) is 6.05. The van der Waals surface area contributed by atoms with E-state index in [4.69, 9.17) is 0 Å². The Morgan fingerprint density at radius 3 is 2.67 bits per heavy atom. The van der Waals surface area contributed by atoms with Gasteiger partial charge in [-0.1, -0.05) is 13.8 Å². The topological polar surface area (TPSA) is 52.7 Å².